The second kappa shape index (κ2) is 4.32. The molecule has 22 heavy (non-hydrogen) atoms. The number of urea groups is 1. The van der Waals surface area contributed by atoms with E-state index >= 15 is 0 Å². The Hall–Kier alpha value is -1.89. The third kappa shape index (κ3) is 2.03. The van der Waals surface area contributed by atoms with Crippen LogP contribution in [0.3, 0.4) is 0 Å². The number of aromatic nitrogens is 1. The van der Waals surface area contributed by atoms with Crippen molar-refractivity contribution in [3.63, 3.8) is 0 Å². The van der Waals surface area contributed by atoms with Gasteiger partial charge in [-0.15, -0.1) is 0 Å². The molecule has 120 valence electrons. The van der Waals surface area contributed by atoms with E-state index in [9.17, 15) is 9.59 Å². The van der Waals surface area contributed by atoms with Gasteiger partial charge in [0.2, 0.25) is 0 Å². The number of hydrogen-bond donors (Lipinski definition) is 1. The summed E-state index contributed by atoms with van der Waals surface area (Å²) in [5.74, 6) is 0.205. The van der Waals surface area contributed by atoms with Gasteiger partial charge in [-0.3, -0.25) is 9.69 Å². The van der Waals surface area contributed by atoms with Crippen LogP contribution in [-0.4, -0.2) is 38.7 Å². The first-order valence-corrected chi connectivity index (χ1v) is 7.33. The van der Waals surface area contributed by atoms with Gasteiger partial charge in [0, 0.05) is 12.5 Å². The highest BCUT2D eigenvalue weighted by Crippen LogP contribution is 2.48. The largest absolute Gasteiger partial charge is 0.367 e. The van der Waals surface area contributed by atoms with Crippen LogP contribution in [0.2, 0.25) is 0 Å². The number of amides is 3. The molecule has 1 aromatic rings. The number of nitrogens with one attached hydrogen (secondary N) is 1. The SMILES string of the molecule is Cc1cc(CN2C(=O)NC3(CC(C)(C)OC3(C)C)C2=O)on1. The Kier molecular flexibility index (Phi) is 2.95. The molecule has 1 unspecified atom stereocenters. The fourth-order valence-electron chi connectivity index (χ4n) is 3.61. The monoisotopic (exact) mass is 307 g/mol. The normalized spacial score (nSPS) is 29.4. The van der Waals surface area contributed by atoms with Crippen molar-refractivity contribution in [1.82, 2.24) is 15.4 Å². The van der Waals surface area contributed by atoms with E-state index in [1.54, 1.807) is 13.0 Å². The first kappa shape index (κ1) is 15.0. The van der Waals surface area contributed by atoms with Crippen molar-refractivity contribution in [3.8, 4) is 0 Å². The molecule has 3 heterocycles. The minimum atomic E-state index is -1.04. The van der Waals surface area contributed by atoms with Crippen LogP contribution in [0.15, 0.2) is 10.6 Å². The first-order valence-electron chi connectivity index (χ1n) is 7.33. The first-order chi connectivity index (χ1) is 10.1. The van der Waals surface area contributed by atoms with Gasteiger partial charge < -0.3 is 14.6 Å². The lowest BCUT2D eigenvalue weighted by atomic mass is 9.79. The van der Waals surface area contributed by atoms with Gasteiger partial charge in [-0.05, 0) is 34.6 Å². The third-order valence-electron chi connectivity index (χ3n) is 4.42. The average molecular weight is 307 g/mol. The van der Waals surface area contributed by atoms with E-state index < -0.39 is 22.8 Å². The van der Waals surface area contributed by atoms with Gasteiger partial charge >= 0.3 is 6.03 Å². The van der Waals surface area contributed by atoms with Crippen LogP contribution in [0.4, 0.5) is 4.79 Å². The van der Waals surface area contributed by atoms with Crippen LogP contribution in [0.5, 0.6) is 0 Å². The zero-order valence-electron chi connectivity index (χ0n) is 13.5. The topological polar surface area (TPSA) is 84.7 Å². The Bertz CT molecular complexity index is 649. The number of hydrogen-bond acceptors (Lipinski definition) is 5. The Balaban J connectivity index is 1.91. The molecule has 0 saturated carbocycles. The van der Waals surface area contributed by atoms with E-state index in [0.29, 0.717) is 17.9 Å². The van der Waals surface area contributed by atoms with Crippen molar-refractivity contribution in [1.29, 1.82) is 0 Å². The van der Waals surface area contributed by atoms with Gasteiger partial charge in [0.15, 0.2) is 11.3 Å². The van der Waals surface area contributed by atoms with Crippen LogP contribution in [0.25, 0.3) is 0 Å². The second-order valence-electron chi connectivity index (χ2n) is 7.21. The molecular weight excluding hydrogens is 286 g/mol. The molecule has 1 N–H and O–H groups in total. The highest BCUT2D eigenvalue weighted by molar-refractivity contribution is 6.08. The van der Waals surface area contributed by atoms with E-state index in [2.05, 4.69) is 10.5 Å². The average Bonchev–Trinajstić information content (AvgIpc) is 2.91. The summed E-state index contributed by atoms with van der Waals surface area (Å²) < 4.78 is 11.1. The predicted octanol–water partition coefficient (Wildman–Crippen LogP) is 1.75. The highest BCUT2D eigenvalue weighted by Gasteiger charge is 2.67. The van der Waals surface area contributed by atoms with Gasteiger partial charge in [0.05, 0.1) is 23.4 Å². The quantitative estimate of drug-likeness (QED) is 0.841. The minimum Gasteiger partial charge on any atom is -0.367 e. The molecule has 0 aromatic carbocycles. The number of aryl methyl sites for hydroxylation is 1. The van der Waals surface area contributed by atoms with E-state index in [-0.39, 0.29) is 12.5 Å². The molecule has 2 aliphatic rings. The Morgan fingerprint density at radius 1 is 1.32 bits per heavy atom. The third-order valence-corrected chi connectivity index (χ3v) is 4.42. The van der Waals surface area contributed by atoms with Gasteiger partial charge in [-0.1, -0.05) is 5.16 Å². The van der Waals surface area contributed by atoms with Crippen molar-refractivity contribution in [2.75, 3.05) is 0 Å². The van der Waals surface area contributed by atoms with Crippen molar-refractivity contribution in [3.05, 3.63) is 17.5 Å². The summed E-state index contributed by atoms with van der Waals surface area (Å²) in [6, 6.07) is 1.29. The van der Waals surface area contributed by atoms with Crippen LogP contribution in [0, 0.1) is 6.92 Å². The fourth-order valence-corrected chi connectivity index (χ4v) is 3.61. The molecule has 0 radical (unpaired) electrons. The molecule has 1 aromatic heterocycles. The van der Waals surface area contributed by atoms with Gasteiger partial charge in [0.25, 0.3) is 5.91 Å². The number of nitrogens with zero attached hydrogens (tertiary/aromatic N) is 2. The van der Waals surface area contributed by atoms with Crippen molar-refractivity contribution < 1.29 is 18.8 Å². The van der Waals surface area contributed by atoms with E-state index in [1.807, 2.05) is 27.7 Å². The predicted molar refractivity (Wildman–Crippen MR) is 76.9 cm³/mol. The Labute approximate surface area is 129 Å². The van der Waals surface area contributed by atoms with E-state index in [4.69, 9.17) is 9.26 Å². The molecule has 7 nitrogen and oxygen atoms in total. The van der Waals surface area contributed by atoms with Crippen LogP contribution in [-0.2, 0) is 16.1 Å². The molecule has 2 aliphatic heterocycles. The standard InChI is InChI=1S/C15H21N3O4/c1-9-6-10(21-17-9)7-18-11(19)15(16-12(18)20)8-13(2,3)22-14(15,4)5/h6H,7-8H2,1-5H3,(H,16,20). The molecule has 2 fully saturated rings. The summed E-state index contributed by atoms with van der Waals surface area (Å²) in [6.07, 6.45) is 0.434. The zero-order valence-corrected chi connectivity index (χ0v) is 13.5. The van der Waals surface area contributed by atoms with Gasteiger partial charge in [-0.2, -0.15) is 0 Å². The van der Waals surface area contributed by atoms with Gasteiger partial charge in [0.1, 0.15) is 0 Å². The van der Waals surface area contributed by atoms with Crippen molar-refractivity contribution in [2.45, 2.75) is 64.3 Å². The van der Waals surface area contributed by atoms with E-state index in [0.717, 1.165) is 0 Å². The Morgan fingerprint density at radius 2 is 2.00 bits per heavy atom. The van der Waals surface area contributed by atoms with Crippen molar-refractivity contribution >= 4 is 11.9 Å². The number of carbonyl (C=O) groups excluding carboxylic acids is 2. The lowest BCUT2D eigenvalue weighted by molar-refractivity contribution is -0.139. The summed E-state index contributed by atoms with van der Waals surface area (Å²) >= 11 is 0. The molecule has 2 saturated heterocycles. The molecule has 3 rings (SSSR count). The number of imide groups is 1. The maximum Gasteiger partial charge on any atom is 0.325 e. The van der Waals surface area contributed by atoms with Gasteiger partial charge in [-0.25, -0.2) is 4.79 Å². The summed E-state index contributed by atoms with van der Waals surface area (Å²) in [4.78, 5) is 26.5. The number of ether oxygens (including phenoxy) is 1. The molecule has 1 spiro atoms. The summed E-state index contributed by atoms with van der Waals surface area (Å²) in [7, 11) is 0. The maximum absolute atomic E-state index is 13.0. The summed E-state index contributed by atoms with van der Waals surface area (Å²) in [5, 5.41) is 6.63. The lowest BCUT2D eigenvalue weighted by Crippen LogP contribution is -2.59. The van der Waals surface area contributed by atoms with Crippen LogP contribution in [0.1, 0.15) is 45.6 Å². The summed E-state index contributed by atoms with van der Waals surface area (Å²) in [5.41, 5.74) is -1.59. The minimum absolute atomic E-state index is 0.0732. The molecule has 7 heteroatoms. The highest BCUT2D eigenvalue weighted by atomic mass is 16.5. The summed E-state index contributed by atoms with van der Waals surface area (Å²) in [6.45, 7) is 9.38. The molecule has 1 atom stereocenters. The molecule has 0 aliphatic carbocycles. The second-order valence-corrected chi connectivity index (χ2v) is 7.21. The molecule has 0 bridgehead atoms. The maximum atomic E-state index is 13.0. The smallest absolute Gasteiger partial charge is 0.325 e. The van der Waals surface area contributed by atoms with E-state index in [1.165, 1.54) is 4.90 Å². The van der Waals surface area contributed by atoms with Crippen molar-refractivity contribution in [2.24, 2.45) is 0 Å². The fraction of sp³-hybridized carbons (Fsp3) is 0.667. The zero-order chi connectivity index (χ0) is 16.3. The van der Waals surface area contributed by atoms with Crippen LogP contribution < -0.4 is 5.32 Å². The van der Waals surface area contributed by atoms with Crippen LogP contribution >= 0.6 is 0 Å². The number of rotatable bonds is 2. The molecular formula is C15H21N3O4. The molecule has 3 amide bonds. The lowest BCUT2D eigenvalue weighted by Gasteiger charge is -2.33. The Morgan fingerprint density at radius 3 is 2.50 bits per heavy atom. The number of carbonyl (C=O) groups is 2.